The highest BCUT2D eigenvalue weighted by Crippen LogP contribution is 2.50. The Hall–Kier alpha value is -2.72. The lowest BCUT2D eigenvalue weighted by Crippen LogP contribution is -2.54. The first-order chi connectivity index (χ1) is 14.5. The van der Waals surface area contributed by atoms with Crippen molar-refractivity contribution in [1.29, 1.82) is 5.26 Å². The Morgan fingerprint density at radius 1 is 1.32 bits per heavy atom. The summed E-state index contributed by atoms with van der Waals surface area (Å²) < 4.78 is 0. The van der Waals surface area contributed by atoms with Crippen molar-refractivity contribution < 1.29 is 14.7 Å². The number of nitriles is 1. The van der Waals surface area contributed by atoms with Crippen LogP contribution in [0.4, 0.5) is 0 Å². The van der Waals surface area contributed by atoms with Gasteiger partial charge in [0.1, 0.15) is 16.6 Å². The summed E-state index contributed by atoms with van der Waals surface area (Å²) in [5.74, 6) is -2.05. The third kappa shape index (κ3) is 4.22. The number of rotatable bonds is 5. The standard InChI is InChI=1S/C24H29N3O3S/c1-15(2)12-24(22(29)30)13-17(14-25)19(20-26-10-11-31-20)27(24)21(28)16-6-8-18(9-7-16)23(3,4)5/h6-11,15,17,19H,12-13H2,1-5H3,(H,29,30)/t17-,19-,24+/m1/s1. The van der Waals surface area contributed by atoms with Gasteiger partial charge in [-0.1, -0.05) is 46.8 Å². The van der Waals surface area contributed by atoms with Crippen LogP contribution in [0, 0.1) is 23.2 Å². The van der Waals surface area contributed by atoms with Crippen molar-refractivity contribution >= 4 is 23.2 Å². The molecule has 3 rings (SSSR count). The highest BCUT2D eigenvalue weighted by atomic mass is 32.1. The van der Waals surface area contributed by atoms with Gasteiger partial charge in [-0.25, -0.2) is 9.78 Å². The molecule has 1 aliphatic heterocycles. The van der Waals surface area contributed by atoms with Crippen LogP contribution in [0.25, 0.3) is 0 Å². The van der Waals surface area contributed by atoms with Crippen molar-refractivity contribution in [3.63, 3.8) is 0 Å². The zero-order valence-electron chi connectivity index (χ0n) is 18.6. The number of carboxylic acids is 1. The summed E-state index contributed by atoms with van der Waals surface area (Å²) in [5, 5.41) is 22.6. The minimum atomic E-state index is -1.45. The maximum atomic E-state index is 13.8. The maximum Gasteiger partial charge on any atom is 0.329 e. The van der Waals surface area contributed by atoms with Crippen molar-refractivity contribution in [1.82, 2.24) is 9.88 Å². The first-order valence-electron chi connectivity index (χ1n) is 10.5. The van der Waals surface area contributed by atoms with Crippen LogP contribution in [0.3, 0.4) is 0 Å². The normalized spacial score (nSPS) is 23.7. The molecule has 3 atom stereocenters. The average molecular weight is 440 g/mol. The molecule has 0 aliphatic carbocycles. The quantitative estimate of drug-likeness (QED) is 0.704. The molecule has 1 aromatic heterocycles. The Morgan fingerprint density at radius 3 is 2.42 bits per heavy atom. The lowest BCUT2D eigenvalue weighted by molar-refractivity contribution is -0.150. The van der Waals surface area contributed by atoms with Crippen LogP contribution in [-0.2, 0) is 10.2 Å². The number of carbonyl (C=O) groups is 2. The first-order valence-corrected chi connectivity index (χ1v) is 11.4. The molecule has 6 nitrogen and oxygen atoms in total. The highest BCUT2D eigenvalue weighted by Gasteiger charge is 2.59. The second kappa shape index (κ2) is 8.43. The Bertz CT molecular complexity index is 987. The molecule has 0 unspecified atom stereocenters. The minimum absolute atomic E-state index is 0.0315. The monoisotopic (exact) mass is 439 g/mol. The van der Waals surface area contributed by atoms with Crippen molar-refractivity contribution in [2.24, 2.45) is 11.8 Å². The Kier molecular flexibility index (Phi) is 6.24. The fourth-order valence-electron chi connectivity index (χ4n) is 4.51. The SMILES string of the molecule is CC(C)C[C@@]1(C(=O)O)C[C@H](C#N)[C@H](c2nccs2)N1C(=O)c1ccc(C(C)(C)C)cc1. The summed E-state index contributed by atoms with van der Waals surface area (Å²) >= 11 is 1.34. The summed E-state index contributed by atoms with van der Waals surface area (Å²) in [6.07, 6.45) is 1.99. The molecule has 2 aromatic rings. The van der Waals surface area contributed by atoms with Gasteiger partial charge in [0.25, 0.3) is 5.91 Å². The van der Waals surface area contributed by atoms with E-state index in [4.69, 9.17) is 0 Å². The fourth-order valence-corrected chi connectivity index (χ4v) is 5.30. The van der Waals surface area contributed by atoms with Crippen LogP contribution in [-0.4, -0.2) is 32.4 Å². The van der Waals surface area contributed by atoms with E-state index in [-0.39, 0.29) is 30.1 Å². The van der Waals surface area contributed by atoms with E-state index in [1.165, 1.54) is 16.2 Å². The lowest BCUT2D eigenvalue weighted by atomic mass is 9.84. The Labute approximate surface area is 187 Å². The van der Waals surface area contributed by atoms with E-state index in [1.54, 1.807) is 23.7 Å². The molecular formula is C24H29N3O3S. The number of benzene rings is 1. The van der Waals surface area contributed by atoms with E-state index in [0.29, 0.717) is 10.6 Å². The van der Waals surface area contributed by atoms with Gasteiger partial charge < -0.3 is 10.0 Å². The van der Waals surface area contributed by atoms with E-state index < -0.39 is 23.5 Å². The molecule has 31 heavy (non-hydrogen) atoms. The van der Waals surface area contributed by atoms with Crippen molar-refractivity contribution in [3.05, 3.63) is 52.0 Å². The topological polar surface area (TPSA) is 94.3 Å². The zero-order chi connectivity index (χ0) is 23.0. The smallest absolute Gasteiger partial charge is 0.329 e. The molecule has 7 heteroatoms. The number of thiazole rings is 1. The van der Waals surface area contributed by atoms with Crippen LogP contribution in [0.1, 0.15) is 74.4 Å². The van der Waals surface area contributed by atoms with Gasteiger partial charge in [0, 0.05) is 17.1 Å². The highest BCUT2D eigenvalue weighted by molar-refractivity contribution is 7.09. The molecule has 0 radical (unpaired) electrons. The van der Waals surface area contributed by atoms with E-state index >= 15 is 0 Å². The Balaban J connectivity index is 2.14. The number of nitrogens with zero attached hydrogens (tertiary/aromatic N) is 3. The van der Waals surface area contributed by atoms with E-state index in [0.717, 1.165) is 5.56 Å². The summed E-state index contributed by atoms with van der Waals surface area (Å²) in [7, 11) is 0. The van der Waals surface area contributed by atoms with Crippen LogP contribution in [0.5, 0.6) is 0 Å². The van der Waals surface area contributed by atoms with Crippen LogP contribution in [0.15, 0.2) is 35.8 Å². The molecule has 1 saturated heterocycles. The molecule has 164 valence electrons. The second-order valence-corrected chi connectivity index (χ2v) is 10.6. The van der Waals surface area contributed by atoms with E-state index in [1.807, 2.05) is 26.0 Å². The molecule has 1 amide bonds. The van der Waals surface area contributed by atoms with Gasteiger partial charge in [-0.3, -0.25) is 4.79 Å². The van der Waals surface area contributed by atoms with E-state index in [2.05, 4.69) is 31.8 Å². The predicted octanol–water partition coefficient (Wildman–Crippen LogP) is 5.04. The molecular weight excluding hydrogens is 410 g/mol. The van der Waals surface area contributed by atoms with Gasteiger partial charge in [0.05, 0.1) is 12.0 Å². The molecule has 0 spiro atoms. The van der Waals surface area contributed by atoms with Crippen molar-refractivity contribution in [2.75, 3.05) is 0 Å². The summed E-state index contributed by atoms with van der Waals surface area (Å²) in [4.78, 5) is 32.2. The number of likely N-dealkylation sites (tertiary alicyclic amines) is 1. The number of amides is 1. The van der Waals surface area contributed by atoms with E-state index in [9.17, 15) is 20.0 Å². The third-order valence-corrected chi connectivity index (χ3v) is 6.76. The Morgan fingerprint density at radius 2 is 1.97 bits per heavy atom. The van der Waals surface area contributed by atoms with Gasteiger partial charge in [-0.2, -0.15) is 5.26 Å². The van der Waals surface area contributed by atoms with Gasteiger partial charge in [0.15, 0.2) is 0 Å². The lowest BCUT2D eigenvalue weighted by Gasteiger charge is -2.38. The van der Waals surface area contributed by atoms with Crippen LogP contribution >= 0.6 is 11.3 Å². The number of carboxylic acid groups (broad SMARTS) is 1. The molecule has 0 saturated carbocycles. The number of hydrogen-bond donors (Lipinski definition) is 1. The molecule has 2 heterocycles. The largest absolute Gasteiger partial charge is 0.479 e. The van der Waals surface area contributed by atoms with Gasteiger partial charge in [-0.15, -0.1) is 11.3 Å². The average Bonchev–Trinajstić information content (AvgIpc) is 3.32. The predicted molar refractivity (Wildman–Crippen MR) is 120 cm³/mol. The number of aliphatic carboxylic acids is 1. The van der Waals surface area contributed by atoms with Crippen LogP contribution in [0.2, 0.25) is 0 Å². The fraction of sp³-hybridized carbons (Fsp3) is 0.500. The van der Waals surface area contributed by atoms with Gasteiger partial charge in [-0.05, 0) is 41.9 Å². The van der Waals surface area contributed by atoms with Crippen LogP contribution < -0.4 is 0 Å². The summed E-state index contributed by atoms with van der Waals surface area (Å²) in [6, 6.07) is 8.90. The minimum Gasteiger partial charge on any atom is -0.479 e. The number of carbonyl (C=O) groups excluding carboxylic acids is 1. The first kappa shape index (κ1) is 23.0. The van der Waals surface area contributed by atoms with Gasteiger partial charge >= 0.3 is 5.97 Å². The number of aromatic nitrogens is 1. The molecule has 1 N–H and O–H groups in total. The summed E-state index contributed by atoms with van der Waals surface area (Å²) in [6.45, 7) is 10.2. The maximum absolute atomic E-state index is 13.8. The third-order valence-electron chi connectivity index (χ3n) is 5.91. The summed E-state index contributed by atoms with van der Waals surface area (Å²) in [5.41, 5.74) is -0.0106. The molecule has 1 aromatic carbocycles. The molecule has 1 fully saturated rings. The van der Waals surface area contributed by atoms with Gasteiger partial charge in [0.2, 0.25) is 0 Å². The molecule has 0 bridgehead atoms. The zero-order valence-corrected chi connectivity index (χ0v) is 19.4. The molecule has 1 aliphatic rings. The van der Waals surface area contributed by atoms with Crippen molar-refractivity contribution in [2.45, 2.75) is 64.5 Å². The van der Waals surface area contributed by atoms with Crippen molar-refractivity contribution in [3.8, 4) is 6.07 Å². The number of hydrogen-bond acceptors (Lipinski definition) is 5. The second-order valence-electron chi connectivity index (χ2n) is 9.69.